The monoisotopic (exact) mass is 456 g/mol. The molecule has 3 heterocycles. The fraction of sp³-hybridized carbons (Fsp3) is 0.125. The number of nitrogens with two attached hydrogens (primary N) is 1. The minimum atomic E-state index is -0.685. The van der Waals surface area contributed by atoms with E-state index in [4.69, 9.17) is 10.5 Å². The van der Waals surface area contributed by atoms with Gasteiger partial charge in [-0.1, -0.05) is 0 Å². The predicted octanol–water partition coefficient (Wildman–Crippen LogP) is 1.73. The van der Waals surface area contributed by atoms with Gasteiger partial charge < -0.3 is 15.4 Å². The molecule has 170 valence electrons. The van der Waals surface area contributed by atoms with Crippen LogP contribution in [0.25, 0.3) is 11.4 Å². The highest BCUT2D eigenvalue weighted by Crippen LogP contribution is 2.29. The molecule has 0 aliphatic carbocycles. The van der Waals surface area contributed by atoms with Gasteiger partial charge in [-0.15, -0.1) is 0 Å². The molecule has 2 amide bonds. The van der Waals surface area contributed by atoms with Gasteiger partial charge in [-0.25, -0.2) is 4.68 Å². The summed E-state index contributed by atoms with van der Waals surface area (Å²) in [5.74, 6) is -0.338. The minimum Gasteiger partial charge on any atom is -0.497 e. The van der Waals surface area contributed by atoms with Crippen molar-refractivity contribution >= 4 is 17.5 Å². The minimum absolute atomic E-state index is 0.0868. The first-order valence-electron chi connectivity index (χ1n) is 10.5. The molecule has 0 saturated carbocycles. The van der Waals surface area contributed by atoms with Crippen molar-refractivity contribution in [2.24, 2.45) is 5.73 Å². The second kappa shape index (κ2) is 8.32. The lowest BCUT2D eigenvalue weighted by Crippen LogP contribution is -2.39. The molecule has 0 spiro atoms. The van der Waals surface area contributed by atoms with E-state index < -0.39 is 5.91 Å². The molecule has 5 rings (SSSR count). The highest BCUT2D eigenvalue weighted by molar-refractivity contribution is 6.09. The topological polar surface area (TPSA) is 125 Å². The fourth-order valence-corrected chi connectivity index (χ4v) is 4.04. The maximum atomic E-state index is 13.6. The number of rotatable bonds is 5. The number of methoxy groups -OCH3 is 1. The van der Waals surface area contributed by atoms with Crippen LogP contribution < -0.4 is 20.9 Å². The second-order valence-corrected chi connectivity index (χ2v) is 7.65. The van der Waals surface area contributed by atoms with E-state index in [2.05, 4.69) is 10.2 Å². The summed E-state index contributed by atoms with van der Waals surface area (Å²) in [5, 5.41) is 8.44. The number of hydrogen-bond donors (Lipinski definition) is 1. The molecule has 0 atom stereocenters. The highest BCUT2D eigenvalue weighted by atomic mass is 16.5. The summed E-state index contributed by atoms with van der Waals surface area (Å²) in [7, 11) is 1.56. The van der Waals surface area contributed by atoms with Crippen molar-refractivity contribution < 1.29 is 14.3 Å². The summed E-state index contributed by atoms with van der Waals surface area (Å²) >= 11 is 0. The summed E-state index contributed by atoms with van der Waals surface area (Å²) in [5.41, 5.74) is 8.03. The number of carbonyl (C=O) groups excluding carboxylic acids is 2. The predicted molar refractivity (Wildman–Crippen MR) is 124 cm³/mol. The van der Waals surface area contributed by atoms with Crippen LogP contribution in [-0.4, -0.2) is 45.0 Å². The lowest BCUT2D eigenvalue weighted by molar-refractivity contribution is 0.0972. The van der Waals surface area contributed by atoms with Crippen LogP contribution in [0.3, 0.4) is 0 Å². The largest absolute Gasteiger partial charge is 0.497 e. The molecule has 2 aromatic heterocycles. The number of fused-ring (bicyclic) bond motifs is 1. The Kier molecular flexibility index (Phi) is 5.17. The summed E-state index contributed by atoms with van der Waals surface area (Å²) in [6.07, 6.45) is 1.94. The molecule has 0 saturated heterocycles. The Balaban J connectivity index is 1.53. The van der Waals surface area contributed by atoms with Gasteiger partial charge in [0.15, 0.2) is 5.69 Å². The van der Waals surface area contributed by atoms with E-state index >= 15 is 0 Å². The molecule has 10 nitrogen and oxygen atoms in total. The average molecular weight is 456 g/mol. The van der Waals surface area contributed by atoms with E-state index in [0.29, 0.717) is 41.3 Å². The van der Waals surface area contributed by atoms with Crippen LogP contribution in [0, 0.1) is 0 Å². The smallest absolute Gasteiger partial charge is 0.277 e. The number of carbonyl (C=O) groups is 2. The van der Waals surface area contributed by atoms with Gasteiger partial charge in [0.25, 0.3) is 17.4 Å². The molecule has 0 fully saturated rings. The van der Waals surface area contributed by atoms with Gasteiger partial charge in [0.2, 0.25) is 0 Å². The van der Waals surface area contributed by atoms with Crippen LogP contribution in [0.5, 0.6) is 5.75 Å². The third-order valence-electron chi connectivity index (χ3n) is 5.69. The summed E-state index contributed by atoms with van der Waals surface area (Å²) in [6.45, 7) is 0.350. The van der Waals surface area contributed by atoms with Crippen LogP contribution in [0.1, 0.15) is 26.5 Å². The number of hydrogen-bond acceptors (Lipinski definition) is 6. The van der Waals surface area contributed by atoms with E-state index in [0.717, 1.165) is 0 Å². The van der Waals surface area contributed by atoms with E-state index in [9.17, 15) is 14.4 Å². The summed E-state index contributed by atoms with van der Waals surface area (Å²) < 4.78 is 7.93. The fourth-order valence-electron chi connectivity index (χ4n) is 4.04. The van der Waals surface area contributed by atoms with Crippen molar-refractivity contribution in [1.29, 1.82) is 0 Å². The number of benzene rings is 2. The van der Waals surface area contributed by atoms with Gasteiger partial charge in [0, 0.05) is 30.1 Å². The van der Waals surface area contributed by atoms with Crippen LogP contribution >= 0.6 is 0 Å². The molecule has 2 aromatic carbocycles. The Labute approximate surface area is 193 Å². The highest BCUT2D eigenvalue weighted by Gasteiger charge is 2.34. The zero-order valence-corrected chi connectivity index (χ0v) is 18.2. The van der Waals surface area contributed by atoms with E-state index in [-0.39, 0.29) is 22.9 Å². The molecule has 0 unspecified atom stereocenters. The van der Waals surface area contributed by atoms with Crippen molar-refractivity contribution in [3.8, 4) is 17.1 Å². The Hall–Kier alpha value is -4.73. The zero-order chi connectivity index (χ0) is 23.8. The van der Waals surface area contributed by atoms with Crippen LogP contribution in [-0.2, 0) is 6.42 Å². The molecule has 1 aliphatic rings. The van der Waals surface area contributed by atoms with E-state index in [1.807, 2.05) is 0 Å². The van der Waals surface area contributed by atoms with Crippen molar-refractivity contribution in [2.75, 3.05) is 18.6 Å². The zero-order valence-electron chi connectivity index (χ0n) is 18.2. The van der Waals surface area contributed by atoms with Gasteiger partial charge in [-0.2, -0.15) is 14.9 Å². The lowest BCUT2D eigenvalue weighted by Gasteiger charge is -2.28. The number of amides is 2. The van der Waals surface area contributed by atoms with Crippen molar-refractivity contribution in [3.63, 3.8) is 0 Å². The van der Waals surface area contributed by atoms with Gasteiger partial charge in [0.1, 0.15) is 11.4 Å². The molecule has 10 heteroatoms. The number of ether oxygens (including phenoxy) is 1. The molecular weight excluding hydrogens is 436 g/mol. The van der Waals surface area contributed by atoms with Gasteiger partial charge in [-0.05, 0) is 61.0 Å². The third kappa shape index (κ3) is 3.51. The molecular formula is C24H20N6O4. The molecule has 1 aliphatic heterocycles. The lowest BCUT2D eigenvalue weighted by atomic mass is 10.0. The van der Waals surface area contributed by atoms with Crippen molar-refractivity contribution in [2.45, 2.75) is 6.42 Å². The summed E-state index contributed by atoms with van der Waals surface area (Å²) in [6, 6.07) is 16.9. The number of primary amides is 1. The normalized spacial score (nSPS) is 13.0. The van der Waals surface area contributed by atoms with E-state index in [1.165, 1.54) is 21.6 Å². The maximum absolute atomic E-state index is 13.6. The van der Waals surface area contributed by atoms with Crippen molar-refractivity contribution in [1.82, 2.24) is 19.6 Å². The van der Waals surface area contributed by atoms with Crippen LogP contribution in [0.2, 0.25) is 0 Å². The standard InChI is InChI=1S/C24H20N6O4/c1-34-18-10-8-17(9-11-18)30-22-19(21(27-30)23(25)32)12-14-28(24(22)33)15-4-6-16(7-5-15)29-20(31)3-2-13-26-29/h2-11,13H,12,14H2,1H3,(H2,25,32). The van der Waals surface area contributed by atoms with Crippen LogP contribution in [0.4, 0.5) is 5.69 Å². The number of nitrogens with zero attached hydrogens (tertiary/aromatic N) is 5. The van der Waals surface area contributed by atoms with Crippen molar-refractivity contribution in [3.05, 3.63) is 94.2 Å². The van der Waals surface area contributed by atoms with E-state index in [1.54, 1.807) is 66.6 Å². The summed E-state index contributed by atoms with van der Waals surface area (Å²) in [4.78, 5) is 39.3. The first-order chi connectivity index (χ1) is 16.5. The first-order valence-corrected chi connectivity index (χ1v) is 10.5. The van der Waals surface area contributed by atoms with Crippen LogP contribution in [0.15, 0.2) is 71.7 Å². The van der Waals surface area contributed by atoms with Gasteiger partial charge in [0.05, 0.1) is 18.5 Å². The molecule has 4 aromatic rings. The number of anilines is 1. The molecule has 2 N–H and O–H groups in total. The van der Waals surface area contributed by atoms with Gasteiger partial charge in [-0.3, -0.25) is 14.4 Å². The molecule has 0 radical (unpaired) electrons. The number of aromatic nitrogens is 4. The Bertz CT molecular complexity index is 1450. The Morgan fingerprint density at radius 3 is 2.24 bits per heavy atom. The quantitative estimate of drug-likeness (QED) is 0.488. The molecule has 0 bridgehead atoms. The molecule has 34 heavy (non-hydrogen) atoms. The average Bonchev–Trinajstić information content (AvgIpc) is 3.26. The maximum Gasteiger partial charge on any atom is 0.277 e. The second-order valence-electron chi connectivity index (χ2n) is 7.65. The third-order valence-corrected chi connectivity index (χ3v) is 5.69. The SMILES string of the molecule is COc1ccc(-n2nc(C(N)=O)c3c2C(=O)N(c2ccc(-n4ncccc4=O)cc2)CC3)cc1. The van der Waals surface area contributed by atoms with Gasteiger partial charge >= 0.3 is 0 Å². The Morgan fingerprint density at radius 1 is 0.941 bits per heavy atom. The Morgan fingerprint density at radius 2 is 1.59 bits per heavy atom. The first kappa shape index (κ1) is 21.1.